The van der Waals surface area contributed by atoms with Crippen LogP contribution in [0, 0.1) is 17.3 Å². The average Bonchev–Trinajstić information content (AvgIpc) is 2.99. The molecule has 2 atom stereocenters. The number of benzene rings is 1. The first-order chi connectivity index (χ1) is 9.50. The molecule has 0 heterocycles. The molecule has 20 heavy (non-hydrogen) atoms. The molecule has 0 saturated heterocycles. The molecule has 1 aliphatic carbocycles. The van der Waals surface area contributed by atoms with E-state index < -0.39 is 0 Å². The molecule has 0 aliphatic heterocycles. The normalized spacial score (nSPS) is 24.1. The van der Waals surface area contributed by atoms with E-state index in [1.807, 2.05) is 50.3 Å². The van der Waals surface area contributed by atoms with Crippen LogP contribution in [0.4, 0.5) is 0 Å². The summed E-state index contributed by atoms with van der Waals surface area (Å²) in [6, 6.07) is 9.84. The number of carbonyl (C=O) groups is 2. The summed E-state index contributed by atoms with van der Waals surface area (Å²) in [7, 11) is 1.40. The van der Waals surface area contributed by atoms with E-state index in [1.54, 1.807) is 0 Å². The quantitative estimate of drug-likeness (QED) is 0.470. The maximum absolute atomic E-state index is 11.7. The number of esters is 1. The van der Waals surface area contributed by atoms with Crippen LogP contribution in [-0.4, -0.2) is 19.4 Å². The molecule has 3 heteroatoms. The first-order valence-electron chi connectivity index (χ1n) is 6.78. The molecular weight excluding hydrogens is 252 g/mol. The van der Waals surface area contributed by atoms with Crippen LogP contribution >= 0.6 is 0 Å². The molecule has 3 nitrogen and oxygen atoms in total. The summed E-state index contributed by atoms with van der Waals surface area (Å²) in [5.74, 6) is -0.252. The van der Waals surface area contributed by atoms with Crippen molar-refractivity contribution in [3.8, 4) is 0 Å². The van der Waals surface area contributed by atoms with E-state index in [-0.39, 0.29) is 23.2 Å². The molecule has 1 aromatic carbocycles. The van der Waals surface area contributed by atoms with Gasteiger partial charge in [0.15, 0.2) is 0 Å². The Morgan fingerprint density at radius 2 is 1.95 bits per heavy atom. The molecule has 1 saturated carbocycles. The predicted molar refractivity (Wildman–Crippen MR) is 77.1 cm³/mol. The summed E-state index contributed by atoms with van der Waals surface area (Å²) in [6.45, 7) is 4.06. The van der Waals surface area contributed by atoms with E-state index in [0.29, 0.717) is 6.42 Å². The number of aldehydes is 1. The zero-order chi connectivity index (χ0) is 14.8. The molecule has 1 aliphatic rings. The number of hydrogen-bond donors (Lipinski definition) is 0. The van der Waals surface area contributed by atoms with Gasteiger partial charge in [-0.3, -0.25) is 9.59 Å². The Morgan fingerprint density at radius 3 is 2.50 bits per heavy atom. The molecule has 0 spiro atoms. The first kappa shape index (κ1) is 14.5. The van der Waals surface area contributed by atoms with Crippen molar-refractivity contribution in [2.24, 2.45) is 17.3 Å². The molecule has 1 fully saturated rings. The van der Waals surface area contributed by atoms with Gasteiger partial charge in [0.05, 0.1) is 13.0 Å². The molecule has 106 valence electrons. The molecule has 0 amide bonds. The van der Waals surface area contributed by atoms with Gasteiger partial charge in [-0.1, -0.05) is 50.3 Å². The van der Waals surface area contributed by atoms with E-state index in [2.05, 4.69) is 0 Å². The van der Waals surface area contributed by atoms with Gasteiger partial charge in [-0.2, -0.15) is 0 Å². The van der Waals surface area contributed by atoms with E-state index in [0.717, 1.165) is 17.4 Å². The summed E-state index contributed by atoms with van der Waals surface area (Å²) in [4.78, 5) is 22.9. The highest BCUT2D eigenvalue weighted by atomic mass is 16.5. The SMILES string of the molecule is COC(=O)C1C(/C=C(/C=O)Cc2ccccc2)C1(C)C. The minimum absolute atomic E-state index is 0.0823. The van der Waals surface area contributed by atoms with Gasteiger partial charge in [-0.05, 0) is 22.5 Å². The topological polar surface area (TPSA) is 43.4 Å². The van der Waals surface area contributed by atoms with E-state index in [9.17, 15) is 9.59 Å². The fourth-order valence-electron chi connectivity index (χ4n) is 2.77. The third kappa shape index (κ3) is 2.82. The van der Waals surface area contributed by atoms with Gasteiger partial charge in [0, 0.05) is 6.42 Å². The number of allylic oxidation sites excluding steroid dienone is 2. The largest absolute Gasteiger partial charge is 0.469 e. The summed E-state index contributed by atoms with van der Waals surface area (Å²) >= 11 is 0. The lowest BCUT2D eigenvalue weighted by molar-refractivity contribution is -0.143. The zero-order valence-corrected chi connectivity index (χ0v) is 12.1. The maximum Gasteiger partial charge on any atom is 0.309 e. The molecule has 0 aromatic heterocycles. The number of ether oxygens (including phenoxy) is 1. The molecular formula is C17H20O3. The smallest absolute Gasteiger partial charge is 0.309 e. The van der Waals surface area contributed by atoms with Crippen LogP contribution in [0.25, 0.3) is 0 Å². The van der Waals surface area contributed by atoms with Crippen molar-refractivity contribution in [1.82, 2.24) is 0 Å². The molecule has 1 aromatic rings. The van der Waals surface area contributed by atoms with Crippen molar-refractivity contribution in [3.63, 3.8) is 0 Å². The third-order valence-corrected chi connectivity index (χ3v) is 4.16. The average molecular weight is 272 g/mol. The predicted octanol–water partition coefficient (Wildman–Crippen LogP) is 2.80. The molecule has 2 rings (SSSR count). The van der Waals surface area contributed by atoms with Crippen molar-refractivity contribution in [2.45, 2.75) is 20.3 Å². The van der Waals surface area contributed by atoms with Crippen LogP contribution in [0.2, 0.25) is 0 Å². The second-order valence-electron chi connectivity index (χ2n) is 5.87. The van der Waals surface area contributed by atoms with Gasteiger partial charge in [-0.25, -0.2) is 0 Å². The van der Waals surface area contributed by atoms with E-state index >= 15 is 0 Å². The summed E-state index contributed by atoms with van der Waals surface area (Å²) < 4.78 is 4.82. The van der Waals surface area contributed by atoms with Crippen LogP contribution in [-0.2, 0) is 20.7 Å². The molecule has 0 bridgehead atoms. The molecule has 0 N–H and O–H groups in total. The first-order valence-corrected chi connectivity index (χ1v) is 6.78. The Kier molecular flexibility index (Phi) is 4.07. The lowest BCUT2D eigenvalue weighted by Crippen LogP contribution is -2.07. The lowest BCUT2D eigenvalue weighted by atomic mass is 10.0. The van der Waals surface area contributed by atoms with E-state index in [4.69, 9.17) is 4.74 Å². The van der Waals surface area contributed by atoms with E-state index in [1.165, 1.54) is 7.11 Å². The standard InChI is InChI=1S/C17H20O3/c1-17(2)14(15(17)16(19)20-3)10-13(11-18)9-12-7-5-4-6-8-12/h4-8,10-11,14-15H,9H2,1-3H3/b13-10+. The zero-order valence-electron chi connectivity index (χ0n) is 12.1. The third-order valence-electron chi connectivity index (χ3n) is 4.16. The van der Waals surface area contributed by atoms with Gasteiger partial charge in [0.2, 0.25) is 0 Å². The highest BCUT2D eigenvalue weighted by Gasteiger charge is 2.61. The van der Waals surface area contributed by atoms with Gasteiger partial charge in [0.1, 0.15) is 6.29 Å². The maximum atomic E-state index is 11.7. The molecule has 0 radical (unpaired) electrons. The Labute approximate surface area is 119 Å². The highest BCUT2D eigenvalue weighted by molar-refractivity contribution is 5.80. The number of carbonyl (C=O) groups excluding carboxylic acids is 2. The second-order valence-corrected chi connectivity index (χ2v) is 5.87. The van der Waals surface area contributed by atoms with Crippen LogP contribution in [0.3, 0.4) is 0 Å². The summed E-state index contributed by atoms with van der Waals surface area (Å²) in [6.07, 6.45) is 3.42. The van der Waals surface area contributed by atoms with Crippen molar-refractivity contribution in [3.05, 3.63) is 47.5 Å². The van der Waals surface area contributed by atoms with Crippen LogP contribution < -0.4 is 0 Å². The van der Waals surface area contributed by atoms with Crippen molar-refractivity contribution >= 4 is 12.3 Å². The highest BCUT2D eigenvalue weighted by Crippen LogP contribution is 2.59. The Bertz CT molecular complexity index is 528. The molecule has 2 unspecified atom stereocenters. The fraction of sp³-hybridized carbons (Fsp3) is 0.412. The monoisotopic (exact) mass is 272 g/mol. The van der Waals surface area contributed by atoms with Gasteiger partial charge < -0.3 is 4.74 Å². The summed E-state index contributed by atoms with van der Waals surface area (Å²) in [5, 5.41) is 0. The van der Waals surface area contributed by atoms with Gasteiger partial charge in [-0.15, -0.1) is 0 Å². The number of methoxy groups -OCH3 is 1. The van der Waals surface area contributed by atoms with Crippen LogP contribution in [0.1, 0.15) is 19.4 Å². The van der Waals surface area contributed by atoms with Gasteiger partial charge >= 0.3 is 5.97 Å². The lowest BCUT2D eigenvalue weighted by Gasteiger charge is -2.02. The fourth-order valence-corrected chi connectivity index (χ4v) is 2.77. The Morgan fingerprint density at radius 1 is 1.30 bits per heavy atom. The van der Waals surface area contributed by atoms with Gasteiger partial charge in [0.25, 0.3) is 0 Å². The number of rotatable bonds is 5. The number of hydrogen-bond acceptors (Lipinski definition) is 3. The summed E-state index contributed by atoms with van der Waals surface area (Å²) in [5.41, 5.74) is 1.69. The van der Waals surface area contributed by atoms with Crippen molar-refractivity contribution < 1.29 is 14.3 Å². The Balaban J connectivity index is 2.13. The second kappa shape index (κ2) is 5.61. The van der Waals surface area contributed by atoms with Crippen LogP contribution in [0.5, 0.6) is 0 Å². The van der Waals surface area contributed by atoms with Crippen molar-refractivity contribution in [2.75, 3.05) is 7.11 Å². The van der Waals surface area contributed by atoms with Crippen molar-refractivity contribution in [1.29, 1.82) is 0 Å². The minimum atomic E-state index is -0.193. The Hall–Kier alpha value is -1.90. The van der Waals surface area contributed by atoms with Crippen LogP contribution in [0.15, 0.2) is 42.0 Å². The minimum Gasteiger partial charge on any atom is -0.469 e.